The molecule has 0 N–H and O–H groups in total. The van der Waals surface area contributed by atoms with E-state index in [2.05, 4.69) is 4.99 Å². The van der Waals surface area contributed by atoms with Gasteiger partial charge in [0.1, 0.15) is 0 Å². The zero-order valence-electron chi connectivity index (χ0n) is 13.2. The Kier molecular flexibility index (Phi) is 4.54. The number of nitrogens with zero attached hydrogens (tertiary/aromatic N) is 1. The molecule has 0 radical (unpaired) electrons. The maximum Gasteiger partial charge on any atom is 0.417 e. The highest BCUT2D eigenvalue weighted by atomic mass is 32.1. The Labute approximate surface area is 141 Å². The number of rotatable bonds is 4. The van der Waals surface area contributed by atoms with Gasteiger partial charge in [0.15, 0.2) is 11.5 Å². The summed E-state index contributed by atoms with van der Waals surface area (Å²) in [5, 5.41) is 1.19. The summed E-state index contributed by atoms with van der Waals surface area (Å²) in [5.74, 6) is 1.21. The van der Waals surface area contributed by atoms with Crippen LogP contribution in [0.1, 0.15) is 21.6 Å². The van der Waals surface area contributed by atoms with Gasteiger partial charge >= 0.3 is 6.18 Å². The van der Waals surface area contributed by atoms with E-state index in [0.29, 0.717) is 47.0 Å². The number of aliphatic imine (C=N–C) groups is 1. The molecule has 0 aliphatic carbocycles. The van der Waals surface area contributed by atoms with E-state index in [1.165, 1.54) is 5.38 Å². The van der Waals surface area contributed by atoms with Crippen molar-refractivity contribution in [2.75, 3.05) is 20.8 Å². The Morgan fingerprint density at radius 2 is 1.92 bits per heavy atom. The molecule has 0 atom stereocenters. The van der Waals surface area contributed by atoms with E-state index in [1.54, 1.807) is 20.3 Å². The van der Waals surface area contributed by atoms with Gasteiger partial charge in [-0.15, -0.1) is 11.3 Å². The standard InChI is InChI=1S/C17H16F3NO2S/c1-22-14-4-3-10(8-15(14)23-2)7-13-16-11(5-6-21-13)12(9-24-16)17(18,19)20/h3-4,8-9H,5-7H2,1-2H3. The van der Waals surface area contributed by atoms with Crippen LogP contribution in [0.15, 0.2) is 28.6 Å². The molecule has 0 saturated carbocycles. The number of thiophene rings is 1. The van der Waals surface area contributed by atoms with Crippen LogP contribution in [0.3, 0.4) is 0 Å². The summed E-state index contributed by atoms with van der Waals surface area (Å²) >= 11 is 1.12. The van der Waals surface area contributed by atoms with Gasteiger partial charge in [0.25, 0.3) is 0 Å². The smallest absolute Gasteiger partial charge is 0.417 e. The van der Waals surface area contributed by atoms with Crippen LogP contribution < -0.4 is 9.47 Å². The summed E-state index contributed by atoms with van der Waals surface area (Å²) in [7, 11) is 3.10. The lowest BCUT2D eigenvalue weighted by atomic mass is 9.98. The normalized spacial score (nSPS) is 14.1. The molecule has 0 saturated heterocycles. The van der Waals surface area contributed by atoms with E-state index in [1.807, 2.05) is 12.1 Å². The molecule has 1 aliphatic rings. The number of hydrogen-bond acceptors (Lipinski definition) is 4. The molecule has 0 amide bonds. The van der Waals surface area contributed by atoms with Crippen LogP contribution in [-0.4, -0.2) is 26.5 Å². The van der Waals surface area contributed by atoms with Gasteiger partial charge in [0.05, 0.1) is 30.4 Å². The zero-order valence-corrected chi connectivity index (χ0v) is 14.1. The maximum absolute atomic E-state index is 13.1. The van der Waals surface area contributed by atoms with Crippen molar-refractivity contribution >= 4 is 17.0 Å². The summed E-state index contributed by atoms with van der Waals surface area (Å²) in [4.78, 5) is 5.09. The zero-order chi connectivity index (χ0) is 17.3. The van der Waals surface area contributed by atoms with Gasteiger partial charge in [-0.1, -0.05) is 6.07 Å². The molecule has 0 fully saturated rings. The van der Waals surface area contributed by atoms with Crippen molar-refractivity contribution in [2.24, 2.45) is 4.99 Å². The minimum Gasteiger partial charge on any atom is -0.493 e. The highest BCUT2D eigenvalue weighted by molar-refractivity contribution is 7.12. The fourth-order valence-corrected chi connectivity index (χ4v) is 3.94. The van der Waals surface area contributed by atoms with Crippen molar-refractivity contribution in [3.8, 4) is 11.5 Å². The second-order valence-corrected chi connectivity index (χ2v) is 6.28. The molecule has 2 heterocycles. The first-order chi connectivity index (χ1) is 11.4. The molecule has 0 bridgehead atoms. The molecule has 0 spiro atoms. The first kappa shape index (κ1) is 16.8. The lowest BCUT2D eigenvalue weighted by molar-refractivity contribution is -0.137. The number of halogens is 3. The minimum absolute atomic E-state index is 0.336. The number of hydrogen-bond donors (Lipinski definition) is 0. The van der Waals surface area contributed by atoms with Crippen LogP contribution >= 0.6 is 11.3 Å². The third-order valence-corrected chi connectivity index (χ3v) is 5.02. The maximum atomic E-state index is 13.1. The van der Waals surface area contributed by atoms with Crippen molar-refractivity contribution in [3.05, 3.63) is 45.1 Å². The largest absolute Gasteiger partial charge is 0.493 e. The number of alkyl halides is 3. The Balaban J connectivity index is 1.90. The molecule has 0 unspecified atom stereocenters. The number of fused-ring (bicyclic) bond motifs is 1. The average molecular weight is 355 g/mol. The summed E-state index contributed by atoms with van der Waals surface area (Å²) in [5.41, 5.74) is 1.46. The van der Waals surface area contributed by atoms with Gasteiger partial charge in [-0.3, -0.25) is 4.99 Å². The molecule has 3 rings (SSSR count). The van der Waals surface area contributed by atoms with Crippen LogP contribution in [0, 0.1) is 0 Å². The Morgan fingerprint density at radius 1 is 1.17 bits per heavy atom. The molecule has 1 aliphatic heterocycles. The summed E-state index contributed by atoms with van der Waals surface area (Å²) in [6, 6.07) is 5.48. The fourth-order valence-electron chi connectivity index (χ4n) is 2.81. The van der Waals surface area contributed by atoms with Gasteiger partial charge < -0.3 is 9.47 Å². The SMILES string of the molecule is COc1ccc(CC2=NCCc3c(C(F)(F)F)csc32)cc1OC. The van der Waals surface area contributed by atoms with Crippen molar-refractivity contribution in [1.82, 2.24) is 0 Å². The minimum atomic E-state index is -4.31. The lowest BCUT2D eigenvalue weighted by Crippen LogP contribution is -2.16. The van der Waals surface area contributed by atoms with Crippen LogP contribution in [0.2, 0.25) is 0 Å². The van der Waals surface area contributed by atoms with Crippen molar-refractivity contribution in [1.29, 1.82) is 0 Å². The predicted molar refractivity (Wildman–Crippen MR) is 87.7 cm³/mol. The molecular formula is C17H16F3NO2S. The van der Waals surface area contributed by atoms with E-state index in [0.717, 1.165) is 16.9 Å². The van der Waals surface area contributed by atoms with Gasteiger partial charge in [-0.2, -0.15) is 13.2 Å². The molecule has 1 aromatic carbocycles. The Hall–Kier alpha value is -2.02. The number of benzene rings is 1. The van der Waals surface area contributed by atoms with E-state index < -0.39 is 11.7 Å². The molecule has 7 heteroatoms. The summed E-state index contributed by atoms with van der Waals surface area (Å²) in [6.07, 6.45) is -3.51. The highest BCUT2D eigenvalue weighted by Crippen LogP contribution is 2.39. The highest BCUT2D eigenvalue weighted by Gasteiger charge is 2.36. The second kappa shape index (κ2) is 6.47. The number of ether oxygens (including phenoxy) is 2. The van der Waals surface area contributed by atoms with E-state index in [4.69, 9.17) is 9.47 Å². The third-order valence-electron chi connectivity index (χ3n) is 3.95. The second-order valence-electron chi connectivity index (χ2n) is 5.40. The van der Waals surface area contributed by atoms with Crippen LogP contribution in [0.25, 0.3) is 0 Å². The topological polar surface area (TPSA) is 30.8 Å². The van der Waals surface area contributed by atoms with Gasteiger partial charge in [-0.25, -0.2) is 0 Å². The molecule has 1 aromatic heterocycles. The van der Waals surface area contributed by atoms with E-state index in [9.17, 15) is 13.2 Å². The quantitative estimate of drug-likeness (QED) is 0.815. The summed E-state index contributed by atoms with van der Waals surface area (Å²) in [6.45, 7) is 0.384. The van der Waals surface area contributed by atoms with Crippen LogP contribution in [-0.2, 0) is 19.0 Å². The number of methoxy groups -OCH3 is 2. The summed E-state index contributed by atoms with van der Waals surface area (Å²) < 4.78 is 49.7. The molecule has 2 aromatic rings. The van der Waals surface area contributed by atoms with Crippen LogP contribution in [0.5, 0.6) is 11.5 Å². The average Bonchev–Trinajstić information content (AvgIpc) is 3.00. The molecule has 24 heavy (non-hydrogen) atoms. The Morgan fingerprint density at radius 3 is 2.58 bits per heavy atom. The first-order valence-corrected chi connectivity index (χ1v) is 8.24. The molecule has 128 valence electrons. The van der Waals surface area contributed by atoms with Crippen LogP contribution in [0.4, 0.5) is 13.2 Å². The molecule has 3 nitrogen and oxygen atoms in total. The lowest BCUT2D eigenvalue weighted by Gasteiger charge is -2.16. The first-order valence-electron chi connectivity index (χ1n) is 7.36. The van der Waals surface area contributed by atoms with E-state index >= 15 is 0 Å². The van der Waals surface area contributed by atoms with Gasteiger partial charge in [-0.05, 0) is 29.7 Å². The third kappa shape index (κ3) is 3.13. The van der Waals surface area contributed by atoms with Gasteiger partial charge in [0.2, 0.25) is 0 Å². The Bertz CT molecular complexity index is 781. The van der Waals surface area contributed by atoms with E-state index in [-0.39, 0.29) is 0 Å². The fraction of sp³-hybridized carbons (Fsp3) is 0.353. The predicted octanol–water partition coefficient (Wildman–Crippen LogP) is 4.37. The van der Waals surface area contributed by atoms with Crippen molar-refractivity contribution in [2.45, 2.75) is 19.0 Å². The van der Waals surface area contributed by atoms with Crippen molar-refractivity contribution < 1.29 is 22.6 Å². The van der Waals surface area contributed by atoms with Crippen molar-refractivity contribution in [3.63, 3.8) is 0 Å². The van der Waals surface area contributed by atoms with Gasteiger partial charge in [0, 0.05) is 18.3 Å². The monoisotopic (exact) mass is 355 g/mol. The molecular weight excluding hydrogens is 339 g/mol.